The molecule has 0 saturated heterocycles. The first-order valence-electron chi connectivity index (χ1n) is 17.2. The topological polar surface area (TPSA) is 25.8 Å². The summed E-state index contributed by atoms with van der Waals surface area (Å²) in [5.74, 6) is 0.781. The van der Waals surface area contributed by atoms with Gasteiger partial charge in [0.25, 0.3) is 0 Å². The fourth-order valence-corrected chi connectivity index (χ4v) is 9.86. The molecule has 0 aliphatic heterocycles. The highest BCUT2D eigenvalue weighted by atomic mass is 14.9. The highest BCUT2D eigenvalue weighted by molar-refractivity contribution is 5.86. The van der Waals surface area contributed by atoms with Gasteiger partial charge in [-0.25, -0.2) is 9.97 Å². The molecule has 1 aromatic heterocycles. The maximum absolute atomic E-state index is 5.26. The molecule has 0 radical (unpaired) electrons. The van der Waals surface area contributed by atoms with Gasteiger partial charge in [-0.3, -0.25) is 0 Å². The molecule has 1 heterocycles. The largest absolute Gasteiger partial charge is 0.237 e. The lowest BCUT2D eigenvalue weighted by molar-refractivity contribution is 0.564. The smallest absolute Gasteiger partial charge is 0.159 e. The summed E-state index contributed by atoms with van der Waals surface area (Å²) in [6.45, 7) is 0. The molecule has 2 spiro atoms. The number of rotatable bonds is 2. The van der Waals surface area contributed by atoms with Crippen LogP contribution in [-0.2, 0) is 36.5 Å². The summed E-state index contributed by atoms with van der Waals surface area (Å²) in [5, 5.41) is 0. The zero-order valence-corrected chi connectivity index (χ0v) is 26.6. The van der Waals surface area contributed by atoms with Crippen molar-refractivity contribution in [2.75, 3.05) is 0 Å². The predicted octanol–water partition coefficient (Wildman–Crippen LogP) is 9.94. The van der Waals surface area contributed by atoms with Crippen molar-refractivity contribution in [2.45, 2.75) is 36.5 Å². The van der Waals surface area contributed by atoms with Crippen molar-refractivity contribution < 1.29 is 0 Å². The van der Waals surface area contributed by atoms with E-state index in [2.05, 4.69) is 140 Å². The van der Waals surface area contributed by atoms with Gasteiger partial charge in [0.2, 0.25) is 0 Å². The number of aromatic nitrogens is 2. The van der Waals surface area contributed by atoms with Crippen LogP contribution in [0.5, 0.6) is 0 Å². The molecule has 226 valence electrons. The predicted molar refractivity (Wildman–Crippen MR) is 193 cm³/mol. The van der Waals surface area contributed by atoms with Crippen molar-refractivity contribution in [1.29, 1.82) is 0 Å². The Bertz CT molecular complexity index is 2270. The minimum absolute atomic E-state index is 0.0380. The molecule has 48 heavy (non-hydrogen) atoms. The van der Waals surface area contributed by atoms with Crippen LogP contribution in [0.4, 0.5) is 0 Å². The van der Waals surface area contributed by atoms with Crippen molar-refractivity contribution in [1.82, 2.24) is 9.97 Å². The fraction of sp³-hybridized carbons (Fsp3) is 0.130. The van der Waals surface area contributed by atoms with E-state index < -0.39 is 0 Å². The Hall–Kier alpha value is -5.60. The Kier molecular flexibility index (Phi) is 5.23. The zero-order valence-electron chi connectivity index (χ0n) is 26.6. The lowest BCUT2D eigenvalue weighted by atomic mass is 9.75. The van der Waals surface area contributed by atoms with Gasteiger partial charge >= 0.3 is 0 Å². The van der Waals surface area contributed by atoms with Gasteiger partial charge in [0.1, 0.15) is 0 Å². The number of hydrogen-bond donors (Lipinski definition) is 0. The first kappa shape index (κ1) is 26.5. The number of nitrogens with zero attached hydrogens (tertiary/aromatic N) is 2. The second-order valence-electron chi connectivity index (χ2n) is 14.3. The van der Waals surface area contributed by atoms with Gasteiger partial charge in [0.05, 0.1) is 5.69 Å². The molecule has 0 atom stereocenters. The molecule has 0 N–H and O–H groups in total. The Morgan fingerprint density at radius 2 is 0.833 bits per heavy atom. The van der Waals surface area contributed by atoms with E-state index in [4.69, 9.17) is 9.97 Å². The van der Waals surface area contributed by atoms with Crippen LogP contribution in [-0.4, -0.2) is 9.97 Å². The normalized spacial score (nSPS) is 16.3. The Balaban J connectivity index is 1.02. The number of benzene rings is 6. The van der Waals surface area contributed by atoms with Crippen LogP contribution >= 0.6 is 0 Å². The minimum Gasteiger partial charge on any atom is -0.237 e. The van der Waals surface area contributed by atoms with Gasteiger partial charge in [-0.2, -0.15) is 0 Å². The second-order valence-corrected chi connectivity index (χ2v) is 14.3. The second kappa shape index (κ2) is 9.49. The molecule has 2 heteroatoms. The van der Waals surface area contributed by atoms with Gasteiger partial charge in [0.15, 0.2) is 5.82 Å². The summed E-state index contributed by atoms with van der Waals surface area (Å²) in [6, 6.07) is 52.0. The number of hydrogen-bond acceptors (Lipinski definition) is 2. The van der Waals surface area contributed by atoms with Crippen molar-refractivity contribution >= 4 is 0 Å². The monoisotopic (exact) mass is 612 g/mol. The first-order valence-corrected chi connectivity index (χ1v) is 17.2. The average Bonchev–Trinajstić information content (AvgIpc) is 3.88. The van der Waals surface area contributed by atoms with Gasteiger partial charge < -0.3 is 0 Å². The molecule has 0 saturated carbocycles. The summed E-state index contributed by atoms with van der Waals surface area (Å²) in [4.78, 5) is 10.1. The van der Waals surface area contributed by atoms with Gasteiger partial charge in [-0.15, -0.1) is 0 Å². The standard InChI is InChI=1S/C46H32N2/c1-2-10-32-26-45(25-31(32)9-1)39-15-7-5-13-35(39)37-19-17-29(23-41(37)45)43-21-22-47-44(48-43)30-18-20-38-36-14-6-8-16-40(36)46(42(38)24-30)27-33-11-3-4-12-34(33)28-46/h1-24H,25-28H2. The lowest BCUT2D eigenvalue weighted by Crippen LogP contribution is -2.25. The van der Waals surface area contributed by atoms with Crippen molar-refractivity contribution in [3.05, 3.63) is 190 Å². The van der Waals surface area contributed by atoms with Crippen LogP contribution in [0.15, 0.2) is 146 Å². The highest BCUT2D eigenvalue weighted by Gasteiger charge is 2.48. The molecule has 0 unspecified atom stereocenters. The van der Waals surface area contributed by atoms with Crippen LogP contribution in [0.2, 0.25) is 0 Å². The molecule has 4 aliphatic carbocycles. The third-order valence-electron chi connectivity index (χ3n) is 12.0. The molecular formula is C46H32N2. The molecule has 0 amide bonds. The Labute approximate surface area is 280 Å². The summed E-state index contributed by atoms with van der Waals surface area (Å²) in [7, 11) is 0. The van der Waals surface area contributed by atoms with Gasteiger partial charge in [-0.05, 0) is 111 Å². The van der Waals surface area contributed by atoms with Crippen molar-refractivity contribution in [3.8, 4) is 44.9 Å². The summed E-state index contributed by atoms with van der Waals surface area (Å²) in [5.41, 5.74) is 20.2. The molecule has 0 fully saturated rings. The van der Waals surface area contributed by atoms with E-state index in [0.717, 1.165) is 48.3 Å². The van der Waals surface area contributed by atoms with E-state index in [1.807, 2.05) is 6.20 Å². The van der Waals surface area contributed by atoms with Crippen LogP contribution in [0.3, 0.4) is 0 Å². The summed E-state index contributed by atoms with van der Waals surface area (Å²) < 4.78 is 0. The molecular weight excluding hydrogens is 581 g/mol. The molecule has 7 aromatic rings. The average molecular weight is 613 g/mol. The molecule has 11 rings (SSSR count). The zero-order chi connectivity index (χ0) is 31.5. The van der Waals surface area contributed by atoms with E-state index >= 15 is 0 Å². The van der Waals surface area contributed by atoms with Crippen LogP contribution in [0, 0.1) is 0 Å². The van der Waals surface area contributed by atoms with Crippen molar-refractivity contribution in [2.24, 2.45) is 0 Å². The fourth-order valence-electron chi connectivity index (χ4n) is 9.86. The SMILES string of the molecule is c1ccc2c(c1)CC1(C2)c2ccccc2-c2ccc(-c3ccnc(-c4ccc5c(c4)C4(Cc6ccccc6C4)c4ccccc4-5)n3)cc21. The van der Waals surface area contributed by atoms with Crippen LogP contribution in [0.25, 0.3) is 44.9 Å². The van der Waals surface area contributed by atoms with Crippen LogP contribution in [0.1, 0.15) is 44.5 Å². The minimum atomic E-state index is -0.0502. The third-order valence-corrected chi connectivity index (χ3v) is 12.0. The number of fused-ring (bicyclic) bond motifs is 12. The van der Waals surface area contributed by atoms with E-state index in [0.29, 0.717) is 0 Å². The highest BCUT2D eigenvalue weighted by Crippen LogP contribution is 2.57. The molecule has 4 aliphatic rings. The lowest BCUT2D eigenvalue weighted by Gasteiger charge is -2.27. The summed E-state index contributed by atoms with van der Waals surface area (Å²) >= 11 is 0. The Morgan fingerprint density at radius 3 is 1.38 bits per heavy atom. The summed E-state index contributed by atoms with van der Waals surface area (Å²) in [6.07, 6.45) is 6.06. The quantitative estimate of drug-likeness (QED) is 0.194. The van der Waals surface area contributed by atoms with E-state index in [9.17, 15) is 0 Å². The third kappa shape index (κ3) is 3.47. The van der Waals surface area contributed by atoms with E-state index in [1.165, 1.54) is 66.8 Å². The van der Waals surface area contributed by atoms with E-state index in [-0.39, 0.29) is 10.8 Å². The maximum Gasteiger partial charge on any atom is 0.159 e. The molecule has 6 aromatic carbocycles. The first-order chi connectivity index (χ1) is 23.7. The van der Waals surface area contributed by atoms with Gasteiger partial charge in [-0.1, -0.05) is 121 Å². The van der Waals surface area contributed by atoms with E-state index in [1.54, 1.807) is 0 Å². The maximum atomic E-state index is 5.26. The molecule has 2 nitrogen and oxygen atoms in total. The Morgan fingerprint density at radius 1 is 0.396 bits per heavy atom. The van der Waals surface area contributed by atoms with Crippen LogP contribution < -0.4 is 0 Å². The van der Waals surface area contributed by atoms with Crippen molar-refractivity contribution in [3.63, 3.8) is 0 Å². The molecule has 0 bridgehead atoms. The van der Waals surface area contributed by atoms with Gasteiger partial charge in [0, 0.05) is 28.2 Å².